The number of hydrogen-bond acceptors (Lipinski definition) is 8. The summed E-state index contributed by atoms with van der Waals surface area (Å²) in [7, 11) is 3.08. The second-order valence-electron chi connectivity index (χ2n) is 9.49. The smallest absolute Gasteiger partial charge is 0.338 e. The topological polar surface area (TPSA) is 88.4 Å². The molecule has 1 aliphatic heterocycles. The highest BCUT2D eigenvalue weighted by Gasteiger charge is 2.34. The van der Waals surface area contributed by atoms with Gasteiger partial charge in [0.1, 0.15) is 12.4 Å². The third-order valence-electron chi connectivity index (χ3n) is 6.84. The number of aromatic nitrogens is 1. The number of halogens is 2. The number of carbonyl (C=O) groups is 1. The van der Waals surface area contributed by atoms with E-state index in [2.05, 4.69) is 20.9 Å². The zero-order valence-electron chi connectivity index (χ0n) is 23.9. The van der Waals surface area contributed by atoms with Crippen LogP contribution in [0.2, 0.25) is 5.02 Å². The Kier molecular flexibility index (Phi) is 9.39. The molecule has 0 saturated heterocycles. The Hall–Kier alpha value is -3.86. The van der Waals surface area contributed by atoms with Crippen molar-refractivity contribution in [2.24, 2.45) is 4.99 Å². The zero-order valence-corrected chi connectivity index (χ0v) is 27.0. The standard InChI is InChI=1S/C32H28BrClN2O6S/c1-5-41-31(38)28-18(2)35-32-36(29(28)20-11-13-25(39-3)26(16-20)40-4)30(37)27(43-32)15-19-10-12-24(22(33)14-19)42-17-21-8-6-7-9-23(21)34/h6-16,29H,5,17H2,1-4H3/b27-15-/t29-/m0/s1. The van der Waals surface area contributed by atoms with Gasteiger partial charge in [-0.1, -0.05) is 53.3 Å². The fraction of sp³-hybridized carbons (Fsp3) is 0.219. The SMILES string of the molecule is CCOC(=O)C1=C(C)N=c2s/c(=C\c3ccc(OCc4ccccc4Cl)c(Br)c3)c(=O)n2[C@H]1c1ccc(OC)c(OC)c1. The number of rotatable bonds is 9. The van der Waals surface area contributed by atoms with Crippen molar-refractivity contribution in [3.8, 4) is 17.2 Å². The number of benzene rings is 3. The predicted molar refractivity (Wildman–Crippen MR) is 170 cm³/mol. The van der Waals surface area contributed by atoms with Crippen LogP contribution in [0.25, 0.3) is 6.08 Å². The van der Waals surface area contributed by atoms with E-state index in [0.717, 1.165) is 15.6 Å². The van der Waals surface area contributed by atoms with Gasteiger partial charge in [-0.25, -0.2) is 9.79 Å². The van der Waals surface area contributed by atoms with Gasteiger partial charge in [0.25, 0.3) is 5.56 Å². The van der Waals surface area contributed by atoms with E-state index >= 15 is 0 Å². The molecule has 3 aromatic carbocycles. The number of carbonyl (C=O) groups excluding carboxylic acids is 1. The van der Waals surface area contributed by atoms with Gasteiger partial charge in [-0.15, -0.1) is 0 Å². The number of thiazole rings is 1. The largest absolute Gasteiger partial charge is 0.493 e. The molecular weight excluding hydrogens is 656 g/mol. The van der Waals surface area contributed by atoms with Crippen molar-refractivity contribution in [1.29, 1.82) is 0 Å². The lowest BCUT2D eigenvalue weighted by Crippen LogP contribution is -2.39. The van der Waals surface area contributed by atoms with Crippen LogP contribution in [-0.4, -0.2) is 31.4 Å². The number of fused-ring (bicyclic) bond motifs is 1. The lowest BCUT2D eigenvalue weighted by atomic mass is 9.95. The monoisotopic (exact) mass is 682 g/mol. The first kappa shape index (κ1) is 30.6. The molecule has 4 aromatic rings. The van der Waals surface area contributed by atoms with E-state index < -0.39 is 12.0 Å². The molecule has 1 aliphatic rings. The van der Waals surface area contributed by atoms with Crippen LogP contribution in [0.4, 0.5) is 0 Å². The number of nitrogens with zero attached hydrogens (tertiary/aromatic N) is 2. The number of esters is 1. The van der Waals surface area contributed by atoms with Gasteiger partial charge in [-0.05, 0) is 77.3 Å². The van der Waals surface area contributed by atoms with Gasteiger partial charge in [0.05, 0.1) is 47.1 Å². The first-order chi connectivity index (χ1) is 20.7. The van der Waals surface area contributed by atoms with Crippen LogP contribution >= 0.6 is 38.9 Å². The van der Waals surface area contributed by atoms with Gasteiger partial charge in [0, 0.05) is 10.6 Å². The Morgan fingerprint density at radius 3 is 2.51 bits per heavy atom. The summed E-state index contributed by atoms with van der Waals surface area (Å²) in [4.78, 5) is 32.3. The average Bonchev–Trinajstić information content (AvgIpc) is 3.30. The second-order valence-corrected chi connectivity index (χ2v) is 11.8. The van der Waals surface area contributed by atoms with Crippen molar-refractivity contribution in [2.75, 3.05) is 20.8 Å². The van der Waals surface area contributed by atoms with Gasteiger partial charge in [-0.2, -0.15) is 0 Å². The van der Waals surface area contributed by atoms with Crippen LogP contribution in [0, 0.1) is 0 Å². The molecule has 43 heavy (non-hydrogen) atoms. The molecule has 5 rings (SSSR count). The normalized spacial score (nSPS) is 14.7. The summed E-state index contributed by atoms with van der Waals surface area (Å²) < 4.78 is 25.0. The summed E-state index contributed by atoms with van der Waals surface area (Å²) in [6.07, 6.45) is 1.79. The minimum atomic E-state index is -0.774. The van der Waals surface area contributed by atoms with E-state index in [1.807, 2.05) is 42.5 Å². The lowest BCUT2D eigenvalue weighted by molar-refractivity contribution is -0.139. The molecule has 222 valence electrons. The fourth-order valence-corrected chi connectivity index (χ4v) is 6.52. The van der Waals surface area contributed by atoms with Crippen molar-refractivity contribution >= 4 is 50.9 Å². The number of allylic oxidation sites excluding steroid dienone is 1. The molecule has 0 unspecified atom stereocenters. The molecule has 0 fully saturated rings. The summed E-state index contributed by atoms with van der Waals surface area (Å²) in [6.45, 7) is 3.98. The summed E-state index contributed by atoms with van der Waals surface area (Å²) in [5, 5.41) is 0.637. The van der Waals surface area contributed by atoms with Gasteiger partial charge in [0.15, 0.2) is 16.3 Å². The zero-order chi connectivity index (χ0) is 30.7. The van der Waals surface area contributed by atoms with E-state index in [-0.39, 0.29) is 17.7 Å². The minimum Gasteiger partial charge on any atom is -0.493 e. The summed E-state index contributed by atoms with van der Waals surface area (Å²) in [6, 6.07) is 17.6. The molecule has 8 nitrogen and oxygen atoms in total. The summed E-state index contributed by atoms with van der Waals surface area (Å²) >= 11 is 11.1. The molecular formula is C32H28BrClN2O6S. The molecule has 0 saturated carbocycles. The Labute approximate surface area is 265 Å². The second kappa shape index (κ2) is 13.2. The van der Waals surface area contributed by atoms with Crippen LogP contribution in [0.3, 0.4) is 0 Å². The highest BCUT2D eigenvalue weighted by atomic mass is 79.9. The van der Waals surface area contributed by atoms with Crippen molar-refractivity contribution in [2.45, 2.75) is 26.5 Å². The van der Waals surface area contributed by atoms with E-state index in [1.54, 1.807) is 45.2 Å². The third-order valence-corrected chi connectivity index (χ3v) is 8.81. The Morgan fingerprint density at radius 1 is 1.07 bits per heavy atom. The Balaban J connectivity index is 1.56. The molecule has 0 N–H and O–H groups in total. The van der Waals surface area contributed by atoms with Crippen LogP contribution < -0.4 is 29.1 Å². The van der Waals surface area contributed by atoms with Crippen molar-refractivity contribution in [1.82, 2.24) is 4.57 Å². The highest BCUT2D eigenvalue weighted by molar-refractivity contribution is 9.10. The number of hydrogen-bond donors (Lipinski definition) is 0. The third kappa shape index (κ3) is 6.27. The quantitative estimate of drug-likeness (QED) is 0.207. The van der Waals surface area contributed by atoms with E-state index in [4.69, 9.17) is 30.5 Å². The number of ether oxygens (including phenoxy) is 4. The minimum absolute atomic E-state index is 0.186. The fourth-order valence-electron chi connectivity index (χ4n) is 4.78. The van der Waals surface area contributed by atoms with E-state index in [1.165, 1.54) is 23.0 Å². The van der Waals surface area contributed by atoms with Crippen molar-refractivity contribution < 1.29 is 23.7 Å². The maximum Gasteiger partial charge on any atom is 0.338 e. The van der Waals surface area contributed by atoms with Crippen LogP contribution in [-0.2, 0) is 16.1 Å². The summed E-state index contributed by atoms with van der Waals surface area (Å²) in [5.74, 6) is 1.11. The van der Waals surface area contributed by atoms with Crippen LogP contribution in [0.15, 0.2) is 86.2 Å². The molecule has 1 aromatic heterocycles. The first-order valence-electron chi connectivity index (χ1n) is 13.3. The van der Waals surface area contributed by atoms with Crippen molar-refractivity contribution in [3.05, 3.63) is 118 Å². The van der Waals surface area contributed by atoms with Gasteiger partial charge >= 0.3 is 5.97 Å². The molecule has 0 bridgehead atoms. The highest BCUT2D eigenvalue weighted by Crippen LogP contribution is 2.36. The molecule has 2 heterocycles. The number of methoxy groups -OCH3 is 2. The van der Waals surface area contributed by atoms with E-state index in [9.17, 15) is 9.59 Å². The average molecular weight is 684 g/mol. The van der Waals surface area contributed by atoms with Gasteiger partial charge in [-0.3, -0.25) is 9.36 Å². The maximum atomic E-state index is 14.0. The molecule has 0 aliphatic carbocycles. The molecule has 0 spiro atoms. The molecule has 1 atom stereocenters. The van der Waals surface area contributed by atoms with Gasteiger partial charge in [0.2, 0.25) is 0 Å². The first-order valence-corrected chi connectivity index (χ1v) is 15.3. The van der Waals surface area contributed by atoms with Crippen molar-refractivity contribution in [3.63, 3.8) is 0 Å². The Bertz CT molecular complexity index is 1920. The van der Waals surface area contributed by atoms with Crippen LogP contribution in [0.5, 0.6) is 17.2 Å². The molecule has 11 heteroatoms. The predicted octanol–water partition coefficient (Wildman–Crippen LogP) is 5.81. The lowest BCUT2D eigenvalue weighted by Gasteiger charge is -2.25. The van der Waals surface area contributed by atoms with E-state index in [0.29, 0.717) is 49.5 Å². The van der Waals surface area contributed by atoms with Crippen LogP contribution in [0.1, 0.15) is 36.6 Å². The molecule has 0 radical (unpaired) electrons. The Morgan fingerprint density at radius 2 is 1.81 bits per heavy atom. The van der Waals surface area contributed by atoms with Gasteiger partial charge < -0.3 is 18.9 Å². The molecule has 0 amide bonds. The maximum absolute atomic E-state index is 14.0. The summed E-state index contributed by atoms with van der Waals surface area (Å²) in [5.41, 5.74) is 2.80.